The van der Waals surface area contributed by atoms with Crippen LogP contribution in [0.1, 0.15) is 16.7 Å². The topological polar surface area (TPSA) is 58.0 Å². The highest BCUT2D eigenvalue weighted by atomic mass is 19.4. The molecule has 0 aliphatic rings. The van der Waals surface area contributed by atoms with E-state index < -0.39 is 11.7 Å². The first-order chi connectivity index (χ1) is 10.5. The van der Waals surface area contributed by atoms with Gasteiger partial charge in [0.1, 0.15) is 12.4 Å². The molecule has 0 aromatic heterocycles. The van der Waals surface area contributed by atoms with Crippen LogP contribution in [0.25, 0.3) is 10.4 Å². The van der Waals surface area contributed by atoms with Crippen molar-refractivity contribution in [2.75, 3.05) is 0 Å². The second-order valence-corrected chi connectivity index (χ2v) is 4.48. The molecule has 0 aliphatic carbocycles. The van der Waals surface area contributed by atoms with Gasteiger partial charge in [0.2, 0.25) is 0 Å². The van der Waals surface area contributed by atoms with Gasteiger partial charge in [0.05, 0.1) is 12.1 Å². The van der Waals surface area contributed by atoms with Gasteiger partial charge >= 0.3 is 6.18 Å². The summed E-state index contributed by atoms with van der Waals surface area (Å²) in [5.74, 6) is 0.268. The van der Waals surface area contributed by atoms with Crippen LogP contribution in [0, 0.1) is 0 Å². The molecule has 0 heterocycles. The number of ether oxygens (including phenoxy) is 1. The molecular weight excluding hydrogens is 295 g/mol. The summed E-state index contributed by atoms with van der Waals surface area (Å²) in [7, 11) is 0. The van der Waals surface area contributed by atoms with E-state index in [1.54, 1.807) is 0 Å². The molecule has 0 saturated heterocycles. The molecule has 2 rings (SSSR count). The number of benzene rings is 2. The Morgan fingerprint density at radius 1 is 1.09 bits per heavy atom. The lowest BCUT2D eigenvalue weighted by molar-refractivity contribution is -0.137. The van der Waals surface area contributed by atoms with E-state index in [2.05, 4.69) is 10.0 Å². The highest BCUT2D eigenvalue weighted by Crippen LogP contribution is 2.33. The third-order valence-corrected chi connectivity index (χ3v) is 2.93. The SMILES string of the molecule is [N-]=[N+]=NCc1cc(C(F)(F)F)ccc1OCc1ccccc1. The average Bonchev–Trinajstić information content (AvgIpc) is 2.51. The average molecular weight is 307 g/mol. The fraction of sp³-hybridized carbons (Fsp3) is 0.200. The molecule has 0 bridgehead atoms. The van der Waals surface area contributed by atoms with Gasteiger partial charge in [-0.1, -0.05) is 35.4 Å². The molecule has 7 heteroatoms. The van der Waals surface area contributed by atoms with E-state index in [1.807, 2.05) is 30.3 Å². The first-order valence-corrected chi connectivity index (χ1v) is 6.38. The summed E-state index contributed by atoms with van der Waals surface area (Å²) in [6.45, 7) is 0.0139. The third kappa shape index (κ3) is 4.17. The molecule has 4 nitrogen and oxygen atoms in total. The fourth-order valence-corrected chi connectivity index (χ4v) is 1.86. The normalized spacial score (nSPS) is 10.9. The minimum Gasteiger partial charge on any atom is -0.489 e. The lowest BCUT2D eigenvalue weighted by Gasteiger charge is -2.13. The lowest BCUT2D eigenvalue weighted by atomic mass is 10.1. The number of nitrogens with zero attached hydrogens (tertiary/aromatic N) is 3. The Hall–Kier alpha value is -2.66. The summed E-state index contributed by atoms with van der Waals surface area (Å²) in [6.07, 6.45) is -4.46. The molecule has 114 valence electrons. The van der Waals surface area contributed by atoms with Crippen LogP contribution in [0.5, 0.6) is 5.75 Å². The van der Waals surface area contributed by atoms with E-state index in [0.29, 0.717) is 0 Å². The van der Waals surface area contributed by atoms with Crippen molar-refractivity contribution in [2.45, 2.75) is 19.3 Å². The minimum atomic E-state index is -4.46. The molecule has 0 aliphatic heterocycles. The van der Waals surface area contributed by atoms with Crippen LogP contribution in [0.4, 0.5) is 13.2 Å². The van der Waals surface area contributed by atoms with Gasteiger partial charge in [-0.15, -0.1) is 0 Å². The molecule has 0 fully saturated rings. The number of hydrogen-bond acceptors (Lipinski definition) is 2. The zero-order chi connectivity index (χ0) is 16.0. The standard InChI is InChI=1S/C15H12F3N3O/c16-15(17,18)13-6-7-14(12(8-13)9-20-21-19)22-10-11-4-2-1-3-5-11/h1-8H,9-10H2. The van der Waals surface area contributed by atoms with Crippen LogP contribution < -0.4 is 4.74 Å². The third-order valence-electron chi connectivity index (χ3n) is 2.93. The monoisotopic (exact) mass is 307 g/mol. The molecule has 0 unspecified atom stereocenters. The van der Waals surface area contributed by atoms with E-state index in [0.717, 1.165) is 17.7 Å². The Morgan fingerprint density at radius 3 is 2.45 bits per heavy atom. The molecule has 0 amide bonds. The van der Waals surface area contributed by atoms with Crippen LogP contribution in [-0.2, 0) is 19.3 Å². The number of rotatable bonds is 5. The van der Waals surface area contributed by atoms with E-state index in [-0.39, 0.29) is 24.5 Å². The molecule has 0 N–H and O–H groups in total. The van der Waals surface area contributed by atoms with Crippen molar-refractivity contribution in [1.29, 1.82) is 0 Å². The van der Waals surface area contributed by atoms with Crippen LogP contribution in [0.3, 0.4) is 0 Å². The Bertz CT molecular complexity index is 680. The Kier molecular flexibility index (Phi) is 4.91. The maximum Gasteiger partial charge on any atom is 0.416 e. The lowest BCUT2D eigenvalue weighted by Crippen LogP contribution is -2.06. The van der Waals surface area contributed by atoms with Crippen molar-refractivity contribution in [3.05, 3.63) is 75.7 Å². The summed E-state index contributed by atoms with van der Waals surface area (Å²) in [5.41, 5.74) is 8.63. The maximum absolute atomic E-state index is 12.7. The Balaban J connectivity index is 2.23. The predicted molar refractivity (Wildman–Crippen MR) is 75.1 cm³/mol. The molecule has 0 atom stereocenters. The number of halogens is 3. The number of hydrogen-bond donors (Lipinski definition) is 0. The van der Waals surface area contributed by atoms with Crippen molar-refractivity contribution in [3.8, 4) is 5.75 Å². The summed E-state index contributed by atoms with van der Waals surface area (Å²) < 4.78 is 43.7. The van der Waals surface area contributed by atoms with Gasteiger partial charge in [0.15, 0.2) is 0 Å². The molecular formula is C15H12F3N3O. The second kappa shape index (κ2) is 6.87. The number of azide groups is 1. The second-order valence-electron chi connectivity index (χ2n) is 4.48. The van der Waals surface area contributed by atoms with Crippen LogP contribution >= 0.6 is 0 Å². The van der Waals surface area contributed by atoms with E-state index in [1.165, 1.54) is 6.07 Å². The van der Waals surface area contributed by atoms with Gasteiger partial charge in [-0.25, -0.2) is 0 Å². The predicted octanol–water partition coefficient (Wildman–Crippen LogP) is 5.09. The first kappa shape index (κ1) is 15.7. The largest absolute Gasteiger partial charge is 0.489 e. The van der Waals surface area contributed by atoms with Crippen LogP contribution in [0.2, 0.25) is 0 Å². The van der Waals surface area contributed by atoms with Gasteiger partial charge in [-0.05, 0) is 29.3 Å². The van der Waals surface area contributed by atoms with Crippen LogP contribution in [-0.4, -0.2) is 0 Å². The minimum absolute atomic E-state index is 0.198. The van der Waals surface area contributed by atoms with Crippen LogP contribution in [0.15, 0.2) is 53.6 Å². The van der Waals surface area contributed by atoms with Gasteiger partial charge in [0, 0.05) is 10.5 Å². The van der Waals surface area contributed by atoms with Crippen molar-refractivity contribution < 1.29 is 17.9 Å². The molecule has 22 heavy (non-hydrogen) atoms. The zero-order valence-corrected chi connectivity index (χ0v) is 11.4. The Labute approximate surface area is 124 Å². The summed E-state index contributed by atoms with van der Waals surface area (Å²) in [6, 6.07) is 12.4. The van der Waals surface area contributed by atoms with Gasteiger partial charge in [-0.2, -0.15) is 13.2 Å². The molecule has 0 saturated carbocycles. The van der Waals surface area contributed by atoms with Gasteiger partial charge < -0.3 is 4.74 Å². The van der Waals surface area contributed by atoms with E-state index in [4.69, 9.17) is 10.3 Å². The zero-order valence-electron chi connectivity index (χ0n) is 11.4. The summed E-state index contributed by atoms with van der Waals surface area (Å²) >= 11 is 0. The highest BCUT2D eigenvalue weighted by molar-refractivity contribution is 5.38. The van der Waals surface area contributed by atoms with Crippen molar-refractivity contribution in [2.24, 2.45) is 5.11 Å². The smallest absolute Gasteiger partial charge is 0.416 e. The fourth-order valence-electron chi connectivity index (χ4n) is 1.86. The first-order valence-electron chi connectivity index (χ1n) is 6.38. The van der Waals surface area contributed by atoms with Gasteiger partial charge in [0.25, 0.3) is 0 Å². The number of alkyl halides is 3. The molecule has 0 radical (unpaired) electrons. The maximum atomic E-state index is 12.7. The van der Waals surface area contributed by atoms with Crippen molar-refractivity contribution in [3.63, 3.8) is 0 Å². The Morgan fingerprint density at radius 2 is 1.82 bits per heavy atom. The summed E-state index contributed by atoms with van der Waals surface area (Å²) in [4.78, 5) is 2.57. The summed E-state index contributed by atoms with van der Waals surface area (Å²) in [5, 5.41) is 3.31. The molecule has 2 aromatic carbocycles. The van der Waals surface area contributed by atoms with Crippen molar-refractivity contribution in [1.82, 2.24) is 0 Å². The van der Waals surface area contributed by atoms with E-state index >= 15 is 0 Å². The molecule has 0 spiro atoms. The van der Waals surface area contributed by atoms with E-state index in [9.17, 15) is 13.2 Å². The van der Waals surface area contributed by atoms with Crippen molar-refractivity contribution >= 4 is 0 Å². The highest BCUT2D eigenvalue weighted by Gasteiger charge is 2.31. The quantitative estimate of drug-likeness (QED) is 0.431. The van der Waals surface area contributed by atoms with Gasteiger partial charge in [-0.3, -0.25) is 0 Å². The molecule has 2 aromatic rings.